The quantitative estimate of drug-likeness (QED) is 0.0222. The first-order valence-electron chi connectivity index (χ1n) is 39.4. The summed E-state index contributed by atoms with van der Waals surface area (Å²) in [6.45, 7) is 11.9. The Morgan fingerprint density at radius 1 is 0.305 bits per heavy atom. The third-order valence-electron chi connectivity index (χ3n) is 18.0. The van der Waals surface area contributed by atoms with Crippen LogP contribution in [0.25, 0.3) is 0 Å². The largest absolute Gasteiger partial charge is 0.472 e. The van der Waals surface area contributed by atoms with Crippen molar-refractivity contribution in [1.82, 2.24) is 0 Å². The summed E-state index contributed by atoms with van der Waals surface area (Å²) in [6.07, 6.45) is 52.5. The van der Waals surface area contributed by atoms with Gasteiger partial charge in [-0.1, -0.05) is 337 Å². The number of rotatable bonds is 74. The second-order valence-electron chi connectivity index (χ2n) is 28.6. The fourth-order valence-electron chi connectivity index (χ4n) is 11.6. The van der Waals surface area contributed by atoms with Gasteiger partial charge in [-0.25, -0.2) is 9.13 Å². The number of carbonyl (C=O) groups is 4. The lowest BCUT2D eigenvalue weighted by molar-refractivity contribution is -0.161. The van der Waals surface area contributed by atoms with Gasteiger partial charge in [0.1, 0.15) is 19.3 Å². The van der Waals surface area contributed by atoms with Gasteiger partial charge in [0.25, 0.3) is 0 Å². The molecule has 0 aromatic rings. The number of carbonyl (C=O) groups excluding carboxylic acids is 4. The van der Waals surface area contributed by atoms with Gasteiger partial charge in [-0.05, 0) is 43.4 Å². The smallest absolute Gasteiger partial charge is 0.462 e. The zero-order valence-electron chi connectivity index (χ0n) is 62.1. The molecule has 0 aromatic heterocycles. The van der Waals surface area contributed by atoms with E-state index in [9.17, 15) is 43.2 Å². The van der Waals surface area contributed by atoms with E-state index in [2.05, 4.69) is 48.5 Å². The first-order valence-corrected chi connectivity index (χ1v) is 42.4. The maximum absolute atomic E-state index is 13.1. The number of phosphoric acid groups is 2. The van der Waals surface area contributed by atoms with Crippen LogP contribution in [0.15, 0.2) is 0 Å². The van der Waals surface area contributed by atoms with Crippen molar-refractivity contribution in [2.24, 2.45) is 17.8 Å². The highest BCUT2D eigenvalue weighted by molar-refractivity contribution is 7.47. The average Bonchev–Trinajstić information content (AvgIpc) is 3.31. The summed E-state index contributed by atoms with van der Waals surface area (Å²) in [4.78, 5) is 72.8. The van der Waals surface area contributed by atoms with Crippen LogP contribution in [0.4, 0.5) is 0 Å². The molecular weight excluding hydrogens is 1250 g/mol. The predicted octanol–water partition coefficient (Wildman–Crippen LogP) is 22.2. The molecule has 0 aliphatic heterocycles. The van der Waals surface area contributed by atoms with Crippen molar-refractivity contribution in [2.75, 3.05) is 39.6 Å². The van der Waals surface area contributed by atoms with E-state index in [1.807, 2.05) is 0 Å². The highest BCUT2D eigenvalue weighted by atomic mass is 31.2. The summed E-state index contributed by atoms with van der Waals surface area (Å²) in [5.74, 6) is 0.229. The van der Waals surface area contributed by atoms with Crippen molar-refractivity contribution < 1.29 is 80.2 Å². The molecule has 0 spiro atoms. The van der Waals surface area contributed by atoms with E-state index in [1.54, 1.807) is 0 Å². The lowest BCUT2D eigenvalue weighted by atomic mass is 9.99. The Morgan fingerprint density at radius 2 is 0.537 bits per heavy atom. The highest BCUT2D eigenvalue weighted by Gasteiger charge is 2.30. The second kappa shape index (κ2) is 66.6. The molecule has 0 rings (SSSR count). The lowest BCUT2D eigenvalue weighted by Crippen LogP contribution is -2.30. The topological polar surface area (TPSA) is 237 Å². The third kappa shape index (κ3) is 69.0. The van der Waals surface area contributed by atoms with Gasteiger partial charge in [0.15, 0.2) is 12.2 Å². The Kier molecular flexibility index (Phi) is 65.2. The zero-order chi connectivity index (χ0) is 70.1. The van der Waals surface area contributed by atoms with E-state index < -0.39 is 97.5 Å². The fraction of sp³-hybridized carbons (Fsp3) is 0.947. The van der Waals surface area contributed by atoms with Crippen LogP contribution in [0, 0.1) is 17.8 Å². The first kappa shape index (κ1) is 93.1. The van der Waals surface area contributed by atoms with Crippen LogP contribution in [-0.2, 0) is 65.4 Å². The standard InChI is InChI=1S/C76H148O17P2/c1-8-10-11-12-13-14-21-28-36-43-50-57-73(78)86-64-72(93-76(81)60-53-46-39-32-31-35-42-49-56-69(7)9-2)66-91-95(84,85)89-62-70(77)61-88-94(82,83)90-65-71(63-87-74(79)58-51-44-37-29-24-20-19-23-27-34-41-48-55-68(5)6)92-75(80)59-52-45-38-30-25-18-16-15-17-22-26-33-40-47-54-67(3)4/h67-72,77H,8-66H2,1-7H3,(H,82,83)(H,84,85)/t69?,70-,71-,72-/m1/s1. The Morgan fingerprint density at radius 3 is 0.800 bits per heavy atom. The minimum atomic E-state index is -4.96. The van der Waals surface area contributed by atoms with E-state index in [1.165, 1.54) is 199 Å². The maximum atomic E-state index is 13.1. The molecule has 0 amide bonds. The summed E-state index contributed by atoms with van der Waals surface area (Å²) in [5, 5.41) is 10.6. The van der Waals surface area contributed by atoms with Crippen molar-refractivity contribution in [3.05, 3.63) is 0 Å². The average molecular weight is 1400 g/mol. The SMILES string of the molecule is CCCCCCCCCCCCCC(=O)OC[C@H](COP(=O)(O)OC[C@H](O)COP(=O)(O)OC[C@@H](COC(=O)CCCCCCCCCCCCCCC(C)C)OC(=O)CCCCCCCCCCCCCCCCC(C)C)OC(=O)CCCCCCCCCCC(C)CC. The van der Waals surface area contributed by atoms with Crippen LogP contribution >= 0.6 is 15.6 Å². The Hall–Kier alpha value is -1.94. The van der Waals surface area contributed by atoms with Crippen LogP contribution in [0.5, 0.6) is 0 Å². The summed E-state index contributed by atoms with van der Waals surface area (Å²) in [6, 6.07) is 0. The fourth-order valence-corrected chi connectivity index (χ4v) is 13.1. The minimum absolute atomic E-state index is 0.105. The molecule has 0 bridgehead atoms. The number of unbranched alkanes of at least 4 members (excludes halogenated alkanes) is 41. The van der Waals surface area contributed by atoms with E-state index in [0.717, 1.165) is 108 Å². The van der Waals surface area contributed by atoms with Crippen LogP contribution in [0.3, 0.4) is 0 Å². The van der Waals surface area contributed by atoms with E-state index in [4.69, 9.17) is 37.0 Å². The summed E-state index contributed by atoms with van der Waals surface area (Å²) < 4.78 is 68.5. The normalized spacial score (nSPS) is 14.4. The predicted molar refractivity (Wildman–Crippen MR) is 386 cm³/mol. The molecule has 0 fully saturated rings. The molecule has 17 nitrogen and oxygen atoms in total. The Balaban J connectivity index is 5.26. The number of aliphatic hydroxyl groups excluding tert-OH is 1. The van der Waals surface area contributed by atoms with E-state index in [-0.39, 0.29) is 25.7 Å². The number of aliphatic hydroxyl groups is 1. The highest BCUT2D eigenvalue weighted by Crippen LogP contribution is 2.45. The van der Waals surface area contributed by atoms with Crippen LogP contribution in [-0.4, -0.2) is 96.7 Å². The van der Waals surface area contributed by atoms with Gasteiger partial charge in [0.2, 0.25) is 0 Å². The number of esters is 4. The van der Waals surface area contributed by atoms with E-state index >= 15 is 0 Å². The molecule has 0 heterocycles. The van der Waals surface area contributed by atoms with Gasteiger partial charge >= 0.3 is 39.5 Å². The molecule has 19 heteroatoms. The zero-order valence-corrected chi connectivity index (χ0v) is 63.9. The van der Waals surface area contributed by atoms with Crippen molar-refractivity contribution in [3.63, 3.8) is 0 Å². The molecule has 0 radical (unpaired) electrons. The van der Waals surface area contributed by atoms with E-state index in [0.29, 0.717) is 25.7 Å². The van der Waals surface area contributed by atoms with Crippen LogP contribution in [0.2, 0.25) is 0 Å². The summed E-state index contributed by atoms with van der Waals surface area (Å²) in [7, 11) is -9.91. The first-order chi connectivity index (χ1) is 45.8. The number of phosphoric ester groups is 2. The summed E-state index contributed by atoms with van der Waals surface area (Å²) >= 11 is 0. The van der Waals surface area contributed by atoms with Gasteiger partial charge in [0.05, 0.1) is 26.4 Å². The molecular formula is C76H148O17P2. The van der Waals surface area contributed by atoms with Crippen LogP contribution < -0.4 is 0 Å². The molecule has 3 N–H and O–H groups in total. The molecule has 3 unspecified atom stereocenters. The van der Waals surface area contributed by atoms with Crippen molar-refractivity contribution >= 4 is 39.5 Å². The Bertz CT molecular complexity index is 1850. The molecule has 564 valence electrons. The molecule has 0 saturated heterocycles. The molecule has 95 heavy (non-hydrogen) atoms. The van der Waals surface area contributed by atoms with Crippen molar-refractivity contribution in [3.8, 4) is 0 Å². The number of ether oxygens (including phenoxy) is 4. The minimum Gasteiger partial charge on any atom is -0.462 e. The van der Waals surface area contributed by atoms with Crippen molar-refractivity contribution in [2.45, 2.75) is 407 Å². The number of hydrogen-bond acceptors (Lipinski definition) is 15. The maximum Gasteiger partial charge on any atom is 0.472 e. The van der Waals surface area contributed by atoms with Crippen molar-refractivity contribution in [1.29, 1.82) is 0 Å². The third-order valence-corrected chi connectivity index (χ3v) is 19.9. The second-order valence-corrected chi connectivity index (χ2v) is 31.5. The van der Waals surface area contributed by atoms with Gasteiger partial charge in [-0.3, -0.25) is 37.3 Å². The monoisotopic (exact) mass is 1400 g/mol. The van der Waals surface area contributed by atoms with Gasteiger partial charge in [-0.15, -0.1) is 0 Å². The summed E-state index contributed by atoms with van der Waals surface area (Å²) in [5.41, 5.74) is 0. The number of hydrogen-bond donors (Lipinski definition) is 3. The lowest BCUT2D eigenvalue weighted by Gasteiger charge is -2.21. The van der Waals surface area contributed by atoms with Gasteiger partial charge < -0.3 is 33.8 Å². The molecule has 0 aliphatic rings. The molecule has 6 atom stereocenters. The molecule has 0 aliphatic carbocycles. The van der Waals surface area contributed by atoms with Crippen LogP contribution in [0.1, 0.15) is 389 Å². The molecule has 0 aromatic carbocycles. The van der Waals surface area contributed by atoms with Gasteiger partial charge in [0, 0.05) is 25.7 Å². The Labute approximate surface area is 581 Å². The molecule has 0 saturated carbocycles. The van der Waals surface area contributed by atoms with Gasteiger partial charge in [-0.2, -0.15) is 0 Å².